The number of hydrogen-bond donors (Lipinski definition) is 3. The van der Waals surface area contributed by atoms with Crippen molar-refractivity contribution in [1.82, 2.24) is 20.2 Å². The summed E-state index contributed by atoms with van der Waals surface area (Å²) in [7, 11) is 2.94. The van der Waals surface area contributed by atoms with Crippen LogP contribution in [0.25, 0.3) is 22.4 Å². The van der Waals surface area contributed by atoms with Gasteiger partial charge in [-0.15, -0.1) is 0 Å². The first-order valence-electron chi connectivity index (χ1n) is 19.9. The van der Waals surface area contributed by atoms with Crippen LogP contribution in [-0.4, -0.2) is 70.0 Å². The van der Waals surface area contributed by atoms with Crippen molar-refractivity contribution in [1.29, 1.82) is 0 Å². The number of aliphatic hydroxyl groups is 1. The van der Waals surface area contributed by atoms with Gasteiger partial charge < -0.3 is 29.7 Å². The highest BCUT2D eigenvalue weighted by Gasteiger charge is 2.50. The molecule has 2 aromatic heterocycles. The largest absolute Gasteiger partial charge is 0.481 e. The molecule has 4 aromatic rings. The summed E-state index contributed by atoms with van der Waals surface area (Å²) < 4.78 is 61.6. The van der Waals surface area contributed by atoms with Gasteiger partial charge in [0.25, 0.3) is 0 Å². The Morgan fingerprint density at radius 1 is 0.948 bits per heavy atom. The molecule has 2 aliphatic heterocycles. The third-order valence-electron chi connectivity index (χ3n) is 12.7. The fourth-order valence-electron chi connectivity index (χ4n) is 9.72. The normalized spacial score (nSPS) is 25.3. The molecule has 3 N–H and O–H groups in total. The van der Waals surface area contributed by atoms with Gasteiger partial charge in [0, 0.05) is 47.9 Å². The second-order valence-corrected chi connectivity index (χ2v) is 17.1. The number of fused-ring (bicyclic) bond motifs is 4. The number of rotatable bonds is 13. The lowest BCUT2D eigenvalue weighted by Gasteiger charge is -2.50. The van der Waals surface area contributed by atoms with Crippen LogP contribution < -0.4 is 19.5 Å². The third kappa shape index (κ3) is 7.74. The third-order valence-corrected chi connectivity index (χ3v) is 13.1. The number of nitrogens with zero attached hydrogens (tertiary/aromatic N) is 3. The Morgan fingerprint density at radius 2 is 1.64 bits per heavy atom. The predicted octanol–water partition coefficient (Wildman–Crippen LogP) is 8.65. The molecule has 10 nitrogen and oxygen atoms in total. The van der Waals surface area contributed by atoms with Crippen LogP contribution in [0.15, 0.2) is 54.6 Å². The van der Waals surface area contributed by atoms with E-state index in [2.05, 4.69) is 10.3 Å². The van der Waals surface area contributed by atoms with Gasteiger partial charge in [-0.3, -0.25) is 9.69 Å². The van der Waals surface area contributed by atoms with E-state index in [9.17, 15) is 28.2 Å². The van der Waals surface area contributed by atoms with Crippen molar-refractivity contribution < 1.29 is 42.4 Å². The monoisotopic (exact) mass is 820 g/mol. The van der Waals surface area contributed by atoms with E-state index >= 15 is 0 Å². The van der Waals surface area contributed by atoms with Crippen molar-refractivity contribution in [3.05, 3.63) is 87.4 Å². The fourth-order valence-corrected chi connectivity index (χ4v) is 10.0. The van der Waals surface area contributed by atoms with E-state index in [0.29, 0.717) is 73.1 Å². The number of hydrogen-bond acceptors (Lipinski definition) is 9. The van der Waals surface area contributed by atoms with E-state index in [0.717, 1.165) is 53.3 Å². The molecule has 9 rings (SSSR count). The molecule has 4 fully saturated rings. The highest BCUT2D eigenvalue weighted by atomic mass is 35.5. The number of carboxylic acid groups (broad SMARTS) is 1. The Balaban J connectivity index is 1.03. The van der Waals surface area contributed by atoms with Crippen LogP contribution in [0.2, 0.25) is 5.02 Å². The molecule has 3 aliphatic carbocycles. The molecule has 0 unspecified atom stereocenters. The number of benzene rings is 2. The van der Waals surface area contributed by atoms with Gasteiger partial charge in [-0.25, -0.2) is 4.98 Å². The number of aliphatic carboxylic acids is 1. The topological polar surface area (TPSA) is 126 Å². The van der Waals surface area contributed by atoms with E-state index in [-0.39, 0.29) is 30.6 Å². The van der Waals surface area contributed by atoms with Gasteiger partial charge in [-0.1, -0.05) is 54.1 Å². The van der Waals surface area contributed by atoms with Crippen LogP contribution in [-0.2, 0) is 30.5 Å². The minimum absolute atomic E-state index is 0.0165. The first-order chi connectivity index (χ1) is 27.7. The number of nitrogens with one attached hydrogen (secondary N) is 1. The minimum Gasteiger partial charge on any atom is -0.481 e. The second-order valence-electron chi connectivity index (χ2n) is 16.7. The lowest BCUT2D eigenvalue weighted by molar-refractivity contribution is -0.159. The van der Waals surface area contributed by atoms with E-state index in [1.165, 1.54) is 7.11 Å². The van der Waals surface area contributed by atoms with Crippen molar-refractivity contribution in [2.24, 2.45) is 11.3 Å². The van der Waals surface area contributed by atoms with Gasteiger partial charge >= 0.3 is 12.1 Å². The van der Waals surface area contributed by atoms with Gasteiger partial charge in [-0.05, 0) is 99.6 Å². The average molecular weight is 821 g/mol. The van der Waals surface area contributed by atoms with Gasteiger partial charge in [0.1, 0.15) is 11.7 Å². The Kier molecular flexibility index (Phi) is 10.9. The molecule has 5 aliphatic rings. The number of halogens is 4. The number of carboxylic acids is 1. The van der Waals surface area contributed by atoms with E-state index < -0.39 is 40.7 Å². The molecule has 0 radical (unpaired) electrons. The van der Waals surface area contributed by atoms with Crippen molar-refractivity contribution in [3.63, 3.8) is 0 Å². The average Bonchev–Trinajstić information content (AvgIpc) is 3.60. The Hall–Kier alpha value is -4.43. The molecule has 1 atom stereocenters. The summed E-state index contributed by atoms with van der Waals surface area (Å²) in [5.41, 5.74) is 3.30. The molecular formula is C44H48ClF3N4O6. The standard InChI is InChI=1S/C44H48ClF3N4O6/c1-42(55)19-25(20-42)21-49-22-26-10-12-35(50-38(26)56-2)33-9-5-8-32(37(33)45)29-6-4-7-31-30(29)11-13-36(31)58-40-34(44(46,47)48)18-27(39(51-40)57-3)23-52-24-43(41(53)54)16-14-28(52)15-17-43/h4-10,12,18,25,28,36,49,55H,11,13-17,19-24H2,1-3H3,(H,53,54)/t25?,28?,36-,42?,43?/m0/s1. The number of methoxy groups -OCH3 is 2. The first kappa shape index (κ1) is 40.4. The number of pyridine rings is 2. The lowest BCUT2D eigenvalue weighted by Crippen LogP contribution is -2.56. The number of aromatic nitrogens is 2. The summed E-state index contributed by atoms with van der Waals surface area (Å²) in [6, 6.07) is 16.4. The zero-order valence-electron chi connectivity index (χ0n) is 32.8. The van der Waals surface area contributed by atoms with Crippen LogP contribution in [0.3, 0.4) is 0 Å². The van der Waals surface area contributed by atoms with Gasteiger partial charge in [-0.2, -0.15) is 18.2 Å². The quantitative estimate of drug-likeness (QED) is 0.121. The molecule has 58 heavy (non-hydrogen) atoms. The van der Waals surface area contributed by atoms with Gasteiger partial charge in [0.05, 0.1) is 36.0 Å². The maximum Gasteiger partial charge on any atom is 0.421 e. The second kappa shape index (κ2) is 15.6. The van der Waals surface area contributed by atoms with E-state index in [1.807, 2.05) is 60.4 Å². The molecule has 0 amide bonds. The molecule has 14 heteroatoms. The van der Waals surface area contributed by atoms with Crippen LogP contribution in [0.1, 0.15) is 85.8 Å². The Morgan fingerprint density at radius 3 is 2.33 bits per heavy atom. The number of carbonyl (C=O) groups is 1. The Bertz CT molecular complexity index is 2200. The van der Waals surface area contributed by atoms with Crippen molar-refractivity contribution in [3.8, 4) is 40.0 Å². The molecule has 4 heterocycles. The molecule has 2 saturated carbocycles. The minimum atomic E-state index is -4.77. The molecule has 2 bridgehead atoms. The van der Waals surface area contributed by atoms with Crippen molar-refractivity contribution >= 4 is 17.6 Å². The summed E-state index contributed by atoms with van der Waals surface area (Å²) in [6.07, 6.45) is -0.470. The zero-order valence-corrected chi connectivity index (χ0v) is 33.6. The van der Waals surface area contributed by atoms with Crippen LogP contribution in [0.5, 0.6) is 17.6 Å². The Labute approximate surface area is 340 Å². The fraction of sp³-hybridized carbons (Fsp3) is 0.477. The summed E-state index contributed by atoms with van der Waals surface area (Å²) in [6.45, 7) is 3.57. The summed E-state index contributed by atoms with van der Waals surface area (Å²) in [5, 5.41) is 24.0. The number of piperidine rings is 2. The smallest absolute Gasteiger partial charge is 0.421 e. The summed E-state index contributed by atoms with van der Waals surface area (Å²) >= 11 is 7.15. The van der Waals surface area contributed by atoms with Crippen LogP contribution >= 0.6 is 11.6 Å². The SMILES string of the molecule is COc1nc(-c2cccc(-c3cccc4c3CC[C@@H]4Oc3nc(OC)c(CN4CC5(C(=O)O)CCC4CC5)cc3C(F)(F)F)c2Cl)ccc1CNCC1CC(C)(O)C1. The van der Waals surface area contributed by atoms with E-state index in [4.69, 9.17) is 30.8 Å². The maximum atomic E-state index is 14.7. The van der Waals surface area contributed by atoms with Gasteiger partial charge in [0.15, 0.2) is 0 Å². The molecular weight excluding hydrogens is 773 g/mol. The molecule has 2 aromatic carbocycles. The van der Waals surface area contributed by atoms with Crippen LogP contribution in [0.4, 0.5) is 13.2 Å². The molecule has 308 valence electrons. The van der Waals surface area contributed by atoms with Gasteiger partial charge in [0.2, 0.25) is 17.6 Å². The number of alkyl halides is 3. The van der Waals surface area contributed by atoms with E-state index in [1.54, 1.807) is 7.11 Å². The van der Waals surface area contributed by atoms with Crippen molar-refractivity contribution in [2.45, 2.75) is 95.3 Å². The molecule has 2 saturated heterocycles. The maximum absolute atomic E-state index is 14.7. The zero-order chi connectivity index (χ0) is 41.0. The molecule has 0 spiro atoms. The van der Waals surface area contributed by atoms with Crippen molar-refractivity contribution in [2.75, 3.05) is 27.3 Å². The predicted molar refractivity (Wildman–Crippen MR) is 212 cm³/mol. The highest BCUT2D eigenvalue weighted by Crippen LogP contribution is 2.48. The summed E-state index contributed by atoms with van der Waals surface area (Å²) in [5.74, 6) is -0.493. The lowest BCUT2D eigenvalue weighted by atomic mass is 9.67. The first-order valence-corrected chi connectivity index (χ1v) is 20.2. The highest BCUT2D eigenvalue weighted by molar-refractivity contribution is 6.36. The van der Waals surface area contributed by atoms with Crippen LogP contribution in [0, 0.1) is 11.3 Å². The summed E-state index contributed by atoms with van der Waals surface area (Å²) in [4.78, 5) is 23.2. The number of ether oxygens (including phenoxy) is 3.